The molecule has 1 fully saturated rings. The van der Waals surface area contributed by atoms with Crippen LogP contribution in [0.2, 0.25) is 0 Å². The van der Waals surface area contributed by atoms with Crippen LogP contribution in [-0.2, 0) is 10.8 Å². The topological polar surface area (TPSA) is 62.2 Å². The lowest BCUT2D eigenvalue weighted by Crippen LogP contribution is -2.47. The Morgan fingerprint density at radius 2 is 0.915 bits per heavy atom. The van der Waals surface area contributed by atoms with Gasteiger partial charge >= 0.3 is 0 Å². The van der Waals surface area contributed by atoms with Gasteiger partial charge in [0.15, 0.2) is 0 Å². The summed E-state index contributed by atoms with van der Waals surface area (Å²) >= 11 is 0. The van der Waals surface area contributed by atoms with Crippen LogP contribution in [0.15, 0.2) is 109 Å². The molecule has 250 valence electrons. The quantitative estimate of drug-likeness (QED) is 0.138. The van der Waals surface area contributed by atoms with Gasteiger partial charge in [-0.3, -0.25) is 4.90 Å². The van der Waals surface area contributed by atoms with Crippen molar-refractivity contribution in [1.82, 2.24) is 4.90 Å². The summed E-state index contributed by atoms with van der Waals surface area (Å²) < 4.78 is 12.1. The Balaban J connectivity index is 1.13. The van der Waals surface area contributed by atoms with E-state index in [2.05, 4.69) is 105 Å². The van der Waals surface area contributed by atoms with Crippen LogP contribution in [0.5, 0.6) is 11.5 Å². The summed E-state index contributed by atoms with van der Waals surface area (Å²) in [4.78, 5) is 2.25. The second-order valence-corrected chi connectivity index (χ2v) is 14.2. The van der Waals surface area contributed by atoms with Gasteiger partial charge in [0.1, 0.15) is 36.9 Å². The number of aliphatic hydroxyl groups is 2. The van der Waals surface area contributed by atoms with Gasteiger partial charge in [0.25, 0.3) is 0 Å². The zero-order valence-corrected chi connectivity index (χ0v) is 28.6. The molecule has 0 spiro atoms. The fourth-order valence-electron chi connectivity index (χ4n) is 6.83. The zero-order valence-electron chi connectivity index (χ0n) is 28.6. The van der Waals surface area contributed by atoms with Gasteiger partial charge < -0.3 is 19.7 Å². The Hall–Kier alpha value is -3.64. The highest BCUT2D eigenvalue weighted by molar-refractivity contribution is 5.41. The van der Waals surface area contributed by atoms with Crippen LogP contribution in [0.25, 0.3) is 0 Å². The van der Waals surface area contributed by atoms with Gasteiger partial charge in [-0.2, -0.15) is 0 Å². The van der Waals surface area contributed by atoms with E-state index in [0.29, 0.717) is 19.1 Å². The maximum absolute atomic E-state index is 11.1. The SMILES string of the molecule is CC(C)(c1ccccc1)c1ccc(OCC(O)CN(CC(O)COc2ccc(C(C)(C)c3ccccc3)cc2)C2CCCCC2)cc1. The van der Waals surface area contributed by atoms with Crippen molar-refractivity contribution < 1.29 is 19.7 Å². The molecule has 0 radical (unpaired) electrons. The van der Waals surface area contributed by atoms with Gasteiger partial charge in [0, 0.05) is 30.0 Å². The first-order chi connectivity index (χ1) is 22.6. The van der Waals surface area contributed by atoms with Crippen LogP contribution in [-0.4, -0.2) is 59.7 Å². The standard InChI is InChI=1S/C42H53NO4/c1-41(2,32-14-8-5-9-15-32)34-20-24-39(25-21-34)46-30-37(44)28-43(36-18-12-7-13-19-36)29-38(45)31-47-40-26-22-35(23-27-40)42(3,4)33-16-10-6-11-17-33/h5-6,8-11,14-17,20-27,36-38,44-45H,7,12-13,18-19,28-31H2,1-4H3. The average Bonchev–Trinajstić information content (AvgIpc) is 3.11. The maximum Gasteiger partial charge on any atom is 0.119 e. The normalized spacial score (nSPS) is 15.7. The highest BCUT2D eigenvalue weighted by atomic mass is 16.5. The maximum atomic E-state index is 11.1. The molecule has 4 aromatic carbocycles. The van der Waals surface area contributed by atoms with Crippen molar-refractivity contribution in [2.45, 2.75) is 88.9 Å². The molecular weight excluding hydrogens is 582 g/mol. The van der Waals surface area contributed by atoms with Crippen LogP contribution in [0.4, 0.5) is 0 Å². The van der Waals surface area contributed by atoms with Crippen LogP contribution < -0.4 is 9.47 Å². The van der Waals surface area contributed by atoms with Crippen LogP contribution in [0, 0.1) is 0 Å². The second kappa shape index (κ2) is 16.0. The molecule has 0 aliphatic heterocycles. The van der Waals surface area contributed by atoms with Gasteiger partial charge in [-0.1, -0.05) is 132 Å². The van der Waals surface area contributed by atoms with Crippen molar-refractivity contribution in [3.05, 3.63) is 131 Å². The van der Waals surface area contributed by atoms with E-state index in [-0.39, 0.29) is 24.0 Å². The molecule has 4 aromatic rings. The van der Waals surface area contributed by atoms with E-state index in [1.807, 2.05) is 36.4 Å². The first-order valence-corrected chi connectivity index (χ1v) is 17.3. The monoisotopic (exact) mass is 635 g/mol. The van der Waals surface area contributed by atoms with Crippen LogP contribution >= 0.6 is 0 Å². The molecule has 1 aliphatic carbocycles. The predicted molar refractivity (Wildman–Crippen MR) is 191 cm³/mol. The van der Waals surface area contributed by atoms with E-state index < -0.39 is 12.2 Å². The Labute approximate surface area is 282 Å². The van der Waals surface area contributed by atoms with Crippen LogP contribution in [0.1, 0.15) is 82.1 Å². The number of ether oxygens (including phenoxy) is 2. The molecule has 1 aliphatic rings. The van der Waals surface area contributed by atoms with Crippen molar-refractivity contribution in [2.24, 2.45) is 0 Å². The Morgan fingerprint density at radius 1 is 0.553 bits per heavy atom. The lowest BCUT2D eigenvalue weighted by molar-refractivity contribution is 0.00668. The van der Waals surface area contributed by atoms with Crippen molar-refractivity contribution >= 4 is 0 Å². The Bertz CT molecular complexity index is 1370. The molecule has 0 heterocycles. The summed E-state index contributed by atoms with van der Waals surface area (Å²) in [6.07, 6.45) is 4.42. The molecule has 0 aromatic heterocycles. The van der Waals surface area contributed by atoms with Crippen molar-refractivity contribution in [3.63, 3.8) is 0 Å². The zero-order chi connectivity index (χ0) is 33.3. The van der Waals surface area contributed by atoms with Gasteiger partial charge in [-0.05, 0) is 59.4 Å². The number of benzene rings is 4. The van der Waals surface area contributed by atoms with E-state index in [0.717, 1.165) is 24.3 Å². The highest BCUT2D eigenvalue weighted by Gasteiger charge is 2.27. The smallest absolute Gasteiger partial charge is 0.119 e. The van der Waals surface area contributed by atoms with Gasteiger partial charge in [-0.25, -0.2) is 0 Å². The van der Waals surface area contributed by atoms with Crippen molar-refractivity contribution in [2.75, 3.05) is 26.3 Å². The third-order valence-corrected chi connectivity index (χ3v) is 10.0. The largest absolute Gasteiger partial charge is 0.491 e. The number of hydrogen-bond acceptors (Lipinski definition) is 5. The number of nitrogens with zero attached hydrogens (tertiary/aromatic N) is 1. The van der Waals surface area contributed by atoms with Crippen LogP contribution in [0.3, 0.4) is 0 Å². The van der Waals surface area contributed by atoms with Crippen molar-refractivity contribution in [1.29, 1.82) is 0 Å². The molecule has 0 bridgehead atoms. The number of aliphatic hydroxyl groups excluding tert-OH is 2. The highest BCUT2D eigenvalue weighted by Crippen LogP contribution is 2.33. The molecule has 2 atom stereocenters. The second-order valence-electron chi connectivity index (χ2n) is 14.2. The summed E-state index contributed by atoms with van der Waals surface area (Å²) in [6, 6.07) is 37.7. The number of hydrogen-bond donors (Lipinski definition) is 2. The Kier molecular flexibility index (Phi) is 11.8. The molecule has 5 rings (SSSR count). The predicted octanol–water partition coefficient (Wildman–Crippen LogP) is 8.15. The summed E-state index contributed by atoms with van der Waals surface area (Å²) in [5.74, 6) is 1.49. The molecular formula is C42H53NO4. The van der Waals surface area contributed by atoms with Crippen molar-refractivity contribution in [3.8, 4) is 11.5 Å². The number of rotatable bonds is 15. The lowest BCUT2D eigenvalue weighted by atomic mass is 9.78. The molecule has 5 nitrogen and oxygen atoms in total. The average molecular weight is 636 g/mol. The minimum atomic E-state index is -0.675. The lowest BCUT2D eigenvalue weighted by Gasteiger charge is -2.36. The molecule has 2 unspecified atom stereocenters. The minimum absolute atomic E-state index is 0.118. The first-order valence-electron chi connectivity index (χ1n) is 17.3. The molecule has 5 heteroatoms. The summed E-state index contributed by atoms with van der Waals surface area (Å²) in [5, 5.41) is 22.1. The summed E-state index contributed by atoms with van der Waals surface area (Å²) in [5.41, 5.74) is 4.72. The molecule has 2 N–H and O–H groups in total. The third-order valence-electron chi connectivity index (χ3n) is 10.0. The summed E-state index contributed by atoms with van der Waals surface area (Å²) in [6.45, 7) is 10.2. The fraction of sp³-hybridized carbons (Fsp3) is 0.429. The molecule has 47 heavy (non-hydrogen) atoms. The van der Waals surface area contributed by atoms with E-state index in [1.165, 1.54) is 41.5 Å². The fourth-order valence-corrected chi connectivity index (χ4v) is 6.83. The first kappa shape index (κ1) is 34.7. The Morgan fingerprint density at radius 3 is 1.30 bits per heavy atom. The van der Waals surface area contributed by atoms with E-state index in [9.17, 15) is 10.2 Å². The molecule has 1 saturated carbocycles. The van der Waals surface area contributed by atoms with Gasteiger partial charge in [0.2, 0.25) is 0 Å². The van der Waals surface area contributed by atoms with E-state index >= 15 is 0 Å². The summed E-state index contributed by atoms with van der Waals surface area (Å²) in [7, 11) is 0. The van der Waals surface area contributed by atoms with E-state index in [4.69, 9.17) is 9.47 Å². The molecule has 0 saturated heterocycles. The van der Waals surface area contributed by atoms with Gasteiger partial charge in [-0.15, -0.1) is 0 Å². The third kappa shape index (κ3) is 9.25. The minimum Gasteiger partial charge on any atom is -0.491 e. The van der Waals surface area contributed by atoms with E-state index in [1.54, 1.807) is 0 Å². The molecule has 0 amide bonds. The van der Waals surface area contributed by atoms with Gasteiger partial charge in [0.05, 0.1) is 0 Å².